The van der Waals surface area contributed by atoms with Crippen LogP contribution in [0.1, 0.15) is 128 Å². The van der Waals surface area contributed by atoms with Gasteiger partial charge in [-0.3, -0.25) is 4.79 Å². The Hall–Kier alpha value is -7.47. The number of carbonyl (C=O) groups excluding carboxylic acids is 1. The number of fused-ring (bicyclic) bond motifs is 14. The lowest BCUT2D eigenvalue weighted by Gasteiger charge is -2.22. The van der Waals surface area contributed by atoms with E-state index >= 15 is 0 Å². The maximum absolute atomic E-state index is 14.4. The summed E-state index contributed by atoms with van der Waals surface area (Å²) < 4.78 is 6.30. The number of hydrogen-bond donors (Lipinski definition) is 4. The summed E-state index contributed by atoms with van der Waals surface area (Å²) in [5.74, 6) is 0.513. The van der Waals surface area contributed by atoms with Crippen molar-refractivity contribution in [3.63, 3.8) is 0 Å². The first kappa shape index (κ1) is 48.2. The highest BCUT2D eigenvalue weighted by Crippen LogP contribution is 2.50. The Kier molecular flexibility index (Phi) is 11.1. The Balaban J connectivity index is 0.997. The summed E-state index contributed by atoms with van der Waals surface area (Å²) >= 11 is 0. The van der Waals surface area contributed by atoms with Gasteiger partial charge in [-0.25, -0.2) is 30.0 Å². The molecule has 0 aromatic rings. The molecule has 2 saturated heterocycles. The van der Waals surface area contributed by atoms with E-state index in [1.807, 2.05) is 13.0 Å². The molecule has 11 aliphatic heterocycles. The van der Waals surface area contributed by atoms with E-state index in [0.717, 1.165) is 178 Å². The molecular formula is C64H66N8O4. The average molecular weight is 1010 g/mol. The molecule has 0 spiro atoms. The number of esters is 1. The molecule has 0 saturated carbocycles. The molecule has 2 fully saturated rings. The minimum Gasteiger partial charge on any atom is -0.511 e. The molecule has 20 bridgehead atoms. The Morgan fingerprint density at radius 2 is 1.00 bits per heavy atom. The molecule has 0 amide bonds. The Morgan fingerprint density at radius 1 is 0.526 bits per heavy atom. The van der Waals surface area contributed by atoms with E-state index in [1.54, 1.807) is 0 Å². The van der Waals surface area contributed by atoms with Gasteiger partial charge in [-0.1, -0.05) is 34.6 Å². The van der Waals surface area contributed by atoms with Crippen molar-refractivity contribution in [2.24, 2.45) is 59.5 Å². The lowest BCUT2D eigenvalue weighted by molar-refractivity contribution is -0.143. The van der Waals surface area contributed by atoms with Crippen LogP contribution in [0, 0.1) is 29.6 Å². The third-order valence-electron chi connectivity index (χ3n) is 18.7. The molecule has 2 aliphatic carbocycles. The lowest BCUT2D eigenvalue weighted by atomic mass is 9.81. The average Bonchev–Trinajstić information content (AvgIpc) is 4.37. The number of aliphatic hydroxyl groups is 2. The molecule has 12 heteroatoms. The van der Waals surface area contributed by atoms with Crippen molar-refractivity contribution in [2.75, 3.05) is 6.61 Å². The van der Waals surface area contributed by atoms with E-state index in [0.29, 0.717) is 36.5 Å². The van der Waals surface area contributed by atoms with Gasteiger partial charge in [-0.2, -0.15) is 0 Å². The Bertz CT molecular complexity index is 3680. The van der Waals surface area contributed by atoms with Crippen molar-refractivity contribution in [3.05, 3.63) is 183 Å². The van der Waals surface area contributed by atoms with Gasteiger partial charge in [0.2, 0.25) is 0 Å². The fourth-order valence-corrected chi connectivity index (χ4v) is 14.2. The lowest BCUT2D eigenvalue weighted by Crippen LogP contribution is -2.17. The summed E-state index contributed by atoms with van der Waals surface area (Å²) in [6, 6.07) is 0. The molecule has 1 unspecified atom stereocenters. The van der Waals surface area contributed by atoms with Crippen LogP contribution in [-0.4, -0.2) is 57.1 Å². The molecule has 12 nitrogen and oxygen atoms in total. The van der Waals surface area contributed by atoms with Crippen LogP contribution in [0.25, 0.3) is 0 Å². The van der Waals surface area contributed by atoms with Crippen LogP contribution < -0.4 is 10.6 Å². The molecule has 5 atom stereocenters. The summed E-state index contributed by atoms with van der Waals surface area (Å²) in [7, 11) is 0. The third kappa shape index (κ3) is 7.18. The molecule has 13 aliphatic rings. The first-order valence-electron chi connectivity index (χ1n) is 27.6. The number of aliphatic imine (C=N–C) groups is 6. The van der Waals surface area contributed by atoms with E-state index in [-0.39, 0.29) is 48.6 Å². The minimum atomic E-state index is -0.321. The smallest absolute Gasteiger partial charge is 0.310 e. The maximum atomic E-state index is 14.4. The van der Waals surface area contributed by atoms with E-state index in [4.69, 9.17) is 34.7 Å². The van der Waals surface area contributed by atoms with Gasteiger partial charge in [-0.15, -0.1) is 0 Å². The highest BCUT2D eigenvalue weighted by atomic mass is 16.5. The highest BCUT2D eigenvalue weighted by Gasteiger charge is 2.44. The van der Waals surface area contributed by atoms with E-state index in [9.17, 15) is 15.0 Å². The van der Waals surface area contributed by atoms with Gasteiger partial charge in [-0.05, 0) is 172 Å². The van der Waals surface area contributed by atoms with Crippen molar-refractivity contribution in [1.29, 1.82) is 0 Å². The molecular weight excluding hydrogens is 945 g/mol. The van der Waals surface area contributed by atoms with Crippen LogP contribution in [0.3, 0.4) is 0 Å². The van der Waals surface area contributed by atoms with Crippen molar-refractivity contribution in [2.45, 2.75) is 128 Å². The highest BCUT2D eigenvalue weighted by molar-refractivity contribution is 6.23. The van der Waals surface area contributed by atoms with Gasteiger partial charge in [0.25, 0.3) is 0 Å². The Morgan fingerprint density at radius 3 is 1.54 bits per heavy atom. The molecule has 11 heterocycles. The van der Waals surface area contributed by atoms with Gasteiger partial charge in [0.1, 0.15) is 11.5 Å². The summed E-state index contributed by atoms with van der Waals surface area (Å²) in [6.07, 6.45) is 17.5. The normalized spacial score (nSPS) is 28.9. The predicted molar refractivity (Wildman–Crippen MR) is 303 cm³/mol. The molecule has 0 aromatic carbocycles. The van der Waals surface area contributed by atoms with Crippen molar-refractivity contribution in [1.82, 2.24) is 10.6 Å². The fraction of sp³-hybridized carbons (Fsp3) is 0.391. The first-order chi connectivity index (χ1) is 36.5. The van der Waals surface area contributed by atoms with Crippen LogP contribution in [0.15, 0.2) is 213 Å². The molecule has 386 valence electrons. The van der Waals surface area contributed by atoms with Crippen LogP contribution in [0.4, 0.5) is 0 Å². The zero-order valence-electron chi connectivity index (χ0n) is 45.6. The zero-order valence-corrected chi connectivity index (χ0v) is 45.6. The molecule has 0 aromatic heterocycles. The summed E-state index contributed by atoms with van der Waals surface area (Å²) in [5, 5.41) is 31.5. The third-order valence-corrected chi connectivity index (χ3v) is 18.7. The topological polar surface area (TPSA) is 165 Å². The number of nitrogens with one attached hydrogen (secondary N) is 2. The second-order valence-corrected chi connectivity index (χ2v) is 22.8. The van der Waals surface area contributed by atoms with Gasteiger partial charge < -0.3 is 25.6 Å². The molecule has 4 N–H and O–H groups in total. The summed E-state index contributed by atoms with van der Waals surface area (Å²) in [4.78, 5) is 46.5. The number of hydrogen-bond acceptors (Lipinski definition) is 12. The van der Waals surface area contributed by atoms with Crippen LogP contribution in [-0.2, 0) is 9.53 Å². The maximum Gasteiger partial charge on any atom is 0.310 e. The zero-order chi connectivity index (χ0) is 52.9. The van der Waals surface area contributed by atoms with Crippen LogP contribution >= 0.6 is 0 Å². The number of nitrogens with zero attached hydrogens (tertiary/aromatic N) is 6. The monoisotopic (exact) mass is 1010 g/mol. The summed E-state index contributed by atoms with van der Waals surface area (Å²) in [6.45, 7) is 24.1. The number of carbonyl (C=O) groups is 1. The van der Waals surface area contributed by atoms with Crippen molar-refractivity contribution < 1.29 is 19.7 Å². The molecule has 0 radical (unpaired) electrons. The van der Waals surface area contributed by atoms with Crippen LogP contribution in [0.5, 0.6) is 0 Å². The largest absolute Gasteiger partial charge is 0.511 e. The molecule has 13 rings (SSSR count). The van der Waals surface area contributed by atoms with E-state index in [1.165, 1.54) is 11.1 Å². The van der Waals surface area contributed by atoms with Gasteiger partial charge in [0.05, 0.1) is 81.5 Å². The second kappa shape index (κ2) is 17.5. The van der Waals surface area contributed by atoms with Gasteiger partial charge in [0, 0.05) is 81.6 Å². The van der Waals surface area contributed by atoms with Crippen molar-refractivity contribution >= 4 is 40.2 Å². The predicted octanol–water partition coefficient (Wildman–Crippen LogP) is 13.1. The number of ether oxygens (including phenoxy) is 1. The fourth-order valence-electron chi connectivity index (χ4n) is 14.2. The number of rotatable bonds is 2. The van der Waals surface area contributed by atoms with E-state index < -0.39 is 0 Å². The number of cyclic esters (lactones) is 1. The van der Waals surface area contributed by atoms with E-state index in [2.05, 4.69) is 110 Å². The van der Waals surface area contributed by atoms with Gasteiger partial charge >= 0.3 is 5.97 Å². The first-order valence-corrected chi connectivity index (χ1v) is 27.6. The number of aliphatic hydroxyl groups excluding tert-OH is 2. The SMILES string of the molecule is CCC1=C(C)C2=NC1=CC1=C(C)C3=C(O)CC(=C4NC5=CC6=NC(=C2)C(=C6C)CC(=O)OCC[C@@H]2C6=C7CC(O)=C8C7=NC(=C8C)C=C7N=C(C=C8N=C(C=C(N6)[C@H]2C)C(C)=C8C(C)CC[C@H]4[C@@H]5C)C(C)=C7CC)C3=N1. The minimum absolute atomic E-state index is 0.00147. The standard InChI is InChI=1S/C64H66N8O4/c1-12-36-28(4)44-23-53-40-20-57(75)76-17-16-39-31(7)47-22-48-33(9)58(54(68-48)26-45-29(5)37(13-2)52(66-45)25-50-35(11)60-56(74)19-42(62(39)70-47)64(60)72-50)27(3)14-15-38-30(6)46(21-43(67-53)32(40)8)69-61(38)41-18-55(73)59-34(10)49(71-63(41)59)24-51(36)65-44/h21-27,30-31,38-39,69-70,73-74H,12-20H2,1-11H3/t27?,30-,31-,38-,39-/m0/s1. The molecule has 76 heavy (non-hydrogen) atoms. The van der Waals surface area contributed by atoms with Crippen LogP contribution in [0.2, 0.25) is 0 Å². The number of allylic oxidation sites excluding steroid dienone is 24. The van der Waals surface area contributed by atoms with Gasteiger partial charge in [0.15, 0.2) is 0 Å². The summed E-state index contributed by atoms with van der Waals surface area (Å²) in [5.41, 5.74) is 28.3. The van der Waals surface area contributed by atoms with Crippen molar-refractivity contribution in [3.8, 4) is 0 Å². The second-order valence-electron chi connectivity index (χ2n) is 22.8. The Labute approximate surface area is 445 Å². The quantitative estimate of drug-likeness (QED) is 0.201.